The van der Waals surface area contributed by atoms with Crippen LogP contribution in [0.3, 0.4) is 0 Å². The number of alkyl halides is 3. The minimum absolute atomic E-state index is 0.0949. The second kappa shape index (κ2) is 8.93. The van der Waals surface area contributed by atoms with E-state index in [2.05, 4.69) is 25.9 Å². The molecule has 0 spiro atoms. The van der Waals surface area contributed by atoms with Crippen LogP contribution in [0.5, 0.6) is 0 Å². The highest BCUT2D eigenvalue weighted by Crippen LogP contribution is 2.31. The van der Waals surface area contributed by atoms with Crippen molar-refractivity contribution >= 4 is 12.0 Å². The number of carbonyl (C=O) groups excluding carboxylic acids is 1. The zero-order chi connectivity index (χ0) is 22.9. The van der Waals surface area contributed by atoms with Gasteiger partial charge in [0.25, 0.3) is 0 Å². The van der Waals surface area contributed by atoms with E-state index < -0.39 is 11.7 Å². The van der Waals surface area contributed by atoms with E-state index in [9.17, 15) is 18.0 Å². The van der Waals surface area contributed by atoms with Gasteiger partial charge in [-0.3, -0.25) is 0 Å². The minimum Gasteiger partial charge on any atom is -0.352 e. The third-order valence-corrected chi connectivity index (χ3v) is 5.84. The van der Waals surface area contributed by atoms with Crippen LogP contribution in [0.15, 0.2) is 30.5 Å². The van der Waals surface area contributed by atoms with Gasteiger partial charge < -0.3 is 20.9 Å². The molecule has 7 nitrogen and oxygen atoms in total. The third kappa shape index (κ3) is 4.95. The Morgan fingerprint density at radius 3 is 2.66 bits per heavy atom. The summed E-state index contributed by atoms with van der Waals surface area (Å²) in [5, 5.41) is 9.47. The molecule has 2 aromatic rings. The van der Waals surface area contributed by atoms with Crippen LogP contribution in [-0.4, -0.2) is 52.6 Å². The summed E-state index contributed by atoms with van der Waals surface area (Å²) >= 11 is 0. The maximum atomic E-state index is 13.0. The molecule has 2 aliphatic heterocycles. The Labute approximate surface area is 184 Å². The maximum Gasteiger partial charge on any atom is 0.416 e. The lowest BCUT2D eigenvalue weighted by Crippen LogP contribution is -2.48. The molecule has 3 heterocycles. The average molecular weight is 448 g/mol. The van der Waals surface area contributed by atoms with Crippen molar-refractivity contribution in [1.29, 1.82) is 0 Å². The van der Waals surface area contributed by atoms with Gasteiger partial charge in [-0.2, -0.15) is 13.2 Å². The lowest BCUT2D eigenvalue weighted by atomic mass is 9.93. The summed E-state index contributed by atoms with van der Waals surface area (Å²) in [4.78, 5) is 23.6. The van der Waals surface area contributed by atoms with E-state index in [-0.39, 0.29) is 24.0 Å². The van der Waals surface area contributed by atoms with Gasteiger partial charge in [0.2, 0.25) is 5.95 Å². The van der Waals surface area contributed by atoms with E-state index >= 15 is 0 Å². The predicted molar refractivity (Wildman–Crippen MR) is 114 cm³/mol. The molecule has 1 aromatic carbocycles. The largest absolute Gasteiger partial charge is 0.416 e. The molecule has 0 bridgehead atoms. The van der Waals surface area contributed by atoms with Crippen molar-refractivity contribution in [1.82, 2.24) is 25.5 Å². The Hall–Kier alpha value is -2.88. The molecule has 10 heteroatoms. The number of aromatic nitrogens is 2. The molecule has 2 amide bonds. The van der Waals surface area contributed by atoms with Crippen LogP contribution in [0.25, 0.3) is 0 Å². The van der Waals surface area contributed by atoms with E-state index in [0.717, 1.165) is 29.0 Å². The van der Waals surface area contributed by atoms with Crippen molar-refractivity contribution in [2.24, 2.45) is 0 Å². The minimum atomic E-state index is -4.36. The molecule has 3 N–H and O–H groups in total. The number of hydrogen-bond donors (Lipinski definition) is 3. The van der Waals surface area contributed by atoms with Gasteiger partial charge in [-0.05, 0) is 43.5 Å². The Morgan fingerprint density at radius 2 is 1.97 bits per heavy atom. The second-order valence-corrected chi connectivity index (χ2v) is 8.58. The lowest BCUT2D eigenvalue weighted by molar-refractivity contribution is -0.137. The van der Waals surface area contributed by atoms with Crippen molar-refractivity contribution in [3.63, 3.8) is 0 Å². The number of hydrogen-bond acceptors (Lipinski definition) is 5. The molecule has 1 aromatic heterocycles. The molecule has 172 valence electrons. The first-order valence-corrected chi connectivity index (χ1v) is 10.8. The highest BCUT2D eigenvalue weighted by Gasteiger charge is 2.34. The molecule has 4 rings (SSSR count). The quantitative estimate of drug-likeness (QED) is 0.670. The highest BCUT2D eigenvalue weighted by atomic mass is 19.4. The van der Waals surface area contributed by atoms with Gasteiger partial charge >= 0.3 is 12.2 Å². The number of amides is 2. The van der Waals surface area contributed by atoms with Crippen LogP contribution in [0, 0.1) is 0 Å². The first kappa shape index (κ1) is 22.3. The van der Waals surface area contributed by atoms with Crippen molar-refractivity contribution in [2.75, 3.05) is 25.0 Å². The topological polar surface area (TPSA) is 82.2 Å². The fraction of sp³-hybridized carbons (Fsp3) is 0.500. The second-order valence-electron chi connectivity index (χ2n) is 8.58. The van der Waals surface area contributed by atoms with Gasteiger partial charge in [-0.1, -0.05) is 12.1 Å². The molecule has 0 unspecified atom stereocenters. The number of nitrogens with zero attached hydrogens (tertiary/aromatic N) is 3. The number of rotatable bonds is 4. The summed E-state index contributed by atoms with van der Waals surface area (Å²) in [6.07, 6.45) is -1.88. The van der Waals surface area contributed by atoms with E-state index in [1.165, 1.54) is 12.1 Å². The van der Waals surface area contributed by atoms with Crippen LogP contribution >= 0.6 is 0 Å². The van der Waals surface area contributed by atoms with Crippen molar-refractivity contribution in [3.8, 4) is 0 Å². The summed E-state index contributed by atoms with van der Waals surface area (Å²) in [5.41, 5.74) is 1.96. The molecule has 32 heavy (non-hydrogen) atoms. The molecule has 0 radical (unpaired) electrons. The lowest BCUT2D eigenvalue weighted by Gasteiger charge is -2.30. The molecule has 2 atom stereocenters. The van der Waals surface area contributed by atoms with Crippen LogP contribution in [0.2, 0.25) is 0 Å². The van der Waals surface area contributed by atoms with Crippen LogP contribution in [-0.2, 0) is 19.1 Å². The monoisotopic (exact) mass is 448 g/mol. The number of halogens is 3. The fourth-order valence-electron chi connectivity index (χ4n) is 4.15. The van der Waals surface area contributed by atoms with Gasteiger partial charge in [0.05, 0.1) is 23.8 Å². The average Bonchev–Trinajstić information content (AvgIpc) is 3.20. The van der Waals surface area contributed by atoms with Gasteiger partial charge in [-0.25, -0.2) is 14.8 Å². The van der Waals surface area contributed by atoms with Crippen molar-refractivity contribution in [2.45, 2.75) is 51.0 Å². The number of nitrogens with one attached hydrogen (secondary N) is 3. The van der Waals surface area contributed by atoms with Crippen molar-refractivity contribution in [3.05, 3.63) is 52.8 Å². The van der Waals surface area contributed by atoms with Crippen LogP contribution in [0.1, 0.15) is 42.1 Å². The molecule has 2 aliphatic rings. The van der Waals surface area contributed by atoms with Gasteiger partial charge in [-0.15, -0.1) is 0 Å². The number of fused-ring (bicyclic) bond motifs is 1. The summed E-state index contributed by atoms with van der Waals surface area (Å²) < 4.78 is 38.6. The Morgan fingerprint density at radius 1 is 1.22 bits per heavy atom. The third-order valence-electron chi connectivity index (χ3n) is 5.84. The Kier molecular flexibility index (Phi) is 6.23. The smallest absolute Gasteiger partial charge is 0.352 e. The summed E-state index contributed by atoms with van der Waals surface area (Å²) in [5.74, 6) is 0.450. The SMILES string of the molecule is CC(C)Nc1ncc2c(n1)CN(C(=O)N[C@@H]1CNC[C@H]1c1ccc(C(F)(F)F)cc1)CC2. The molecule has 1 fully saturated rings. The Balaban J connectivity index is 1.41. The van der Waals surface area contributed by atoms with Gasteiger partial charge in [0.15, 0.2) is 0 Å². The normalized spacial score (nSPS) is 20.9. The molecular formula is C22H27F3N6O. The number of urea groups is 1. The predicted octanol–water partition coefficient (Wildman–Crippen LogP) is 3.14. The van der Waals surface area contributed by atoms with E-state index in [4.69, 9.17) is 0 Å². The fourth-order valence-corrected chi connectivity index (χ4v) is 4.15. The zero-order valence-corrected chi connectivity index (χ0v) is 18.0. The van der Waals surface area contributed by atoms with Gasteiger partial charge in [0.1, 0.15) is 0 Å². The first-order valence-electron chi connectivity index (χ1n) is 10.8. The number of benzene rings is 1. The standard InChI is InChI=1S/C22H27F3N6O/c1-13(2)28-20-27-9-15-7-8-31(12-19(15)29-20)21(32)30-18-11-26-10-17(18)14-3-5-16(6-4-14)22(23,24)25/h3-6,9,13,17-18,26H,7-8,10-12H2,1-2H3,(H,30,32)(H,27,28,29)/t17-,18+/m0/s1. The number of carbonyl (C=O) groups is 1. The van der Waals surface area contributed by atoms with E-state index in [0.29, 0.717) is 38.5 Å². The Bertz CT molecular complexity index is 963. The van der Waals surface area contributed by atoms with E-state index in [1.54, 1.807) is 4.90 Å². The molecular weight excluding hydrogens is 421 g/mol. The van der Waals surface area contributed by atoms with Crippen molar-refractivity contribution < 1.29 is 18.0 Å². The summed E-state index contributed by atoms with van der Waals surface area (Å²) in [6.45, 7) is 6.12. The van der Waals surface area contributed by atoms with Gasteiger partial charge in [0, 0.05) is 37.8 Å². The summed E-state index contributed by atoms with van der Waals surface area (Å²) in [7, 11) is 0. The molecule has 0 aliphatic carbocycles. The highest BCUT2D eigenvalue weighted by molar-refractivity contribution is 5.75. The summed E-state index contributed by atoms with van der Waals surface area (Å²) in [6, 6.07) is 4.98. The van der Waals surface area contributed by atoms with Crippen LogP contribution in [0.4, 0.5) is 23.9 Å². The number of anilines is 1. The maximum absolute atomic E-state index is 13.0. The van der Waals surface area contributed by atoms with Crippen LogP contribution < -0.4 is 16.0 Å². The molecule has 1 saturated heterocycles. The first-order chi connectivity index (χ1) is 15.2. The van der Waals surface area contributed by atoms with E-state index in [1.807, 2.05) is 20.0 Å². The molecule has 0 saturated carbocycles. The zero-order valence-electron chi connectivity index (χ0n) is 18.0.